The van der Waals surface area contributed by atoms with Gasteiger partial charge in [-0.25, -0.2) is 9.78 Å². The number of aromatic nitrogens is 1. The molecule has 0 radical (unpaired) electrons. The van der Waals surface area contributed by atoms with Crippen LogP contribution in [0.1, 0.15) is 29.0 Å². The second-order valence-electron chi connectivity index (χ2n) is 6.68. The summed E-state index contributed by atoms with van der Waals surface area (Å²) >= 11 is 0. The number of hydrogen-bond acceptors (Lipinski definition) is 6. The molecule has 28 heavy (non-hydrogen) atoms. The molecule has 2 heterocycles. The van der Waals surface area contributed by atoms with Crippen molar-refractivity contribution in [2.24, 2.45) is 4.99 Å². The molecule has 1 aliphatic rings. The fraction of sp³-hybridized carbons (Fsp3) is 0.318. The van der Waals surface area contributed by atoms with Crippen LogP contribution in [0.2, 0.25) is 0 Å². The van der Waals surface area contributed by atoms with Gasteiger partial charge >= 0.3 is 5.97 Å². The number of carbonyl (C=O) groups excluding carboxylic acids is 1. The molecule has 0 amide bonds. The summed E-state index contributed by atoms with van der Waals surface area (Å²) in [5, 5.41) is 0. The summed E-state index contributed by atoms with van der Waals surface area (Å²) in [5.41, 5.74) is 2.55. The summed E-state index contributed by atoms with van der Waals surface area (Å²) < 4.78 is 4.76. The van der Waals surface area contributed by atoms with E-state index in [0.29, 0.717) is 11.7 Å². The van der Waals surface area contributed by atoms with E-state index in [9.17, 15) is 4.79 Å². The van der Waals surface area contributed by atoms with Crippen LogP contribution in [-0.2, 0) is 4.74 Å². The van der Waals surface area contributed by atoms with Crippen molar-refractivity contribution < 1.29 is 9.53 Å². The number of benzene rings is 1. The van der Waals surface area contributed by atoms with Crippen molar-refractivity contribution in [3.63, 3.8) is 0 Å². The van der Waals surface area contributed by atoms with Crippen LogP contribution in [0.15, 0.2) is 60.1 Å². The number of esters is 1. The number of rotatable bonds is 6. The molecular weight excluding hydrogens is 352 g/mol. The Hall–Kier alpha value is -2.99. The van der Waals surface area contributed by atoms with E-state index in [2.05, 4.69) is 45.4 Å². The molecule has 146 valence electrons. The highest BCUT2D eigenvalue weighted by atomic mass is 16.5. The van der Waals surface area contributed by atoms with E-state index >= 15 is 0 Å². The Morgan fingerprint density at radius 2 is 1.89 bits per heavy atom. The number of carbonyl (C=O) groups is 1. The summed E-state index contributed by atoms with van der Waals surface area (Å²) in [6.07, 6.45) is 3.37. The topological polar surface area (TPSA) is 58.0 Å². The molecule has 2 aromatic rings. The second-order valence-corrected chi connectivity index (χ2v) is 6.68. The van der Waals surface area contributed by atoms with Crippen molar-refractivity contribution in [3.8, 4) is 0 Å². The molecular formula is C22H26N4O2. The Labute approximate surface area is 166 Å². The molecule has 1 aliphatic heterocycles. The van der Waals surface area contributed by atoms with Crippen LogP contribution in [0.5, 0.6) is 0 Å². The maximum atomic E-state index is 11.7. The van der Waals surface area contributed by atoms with Crippen molar-refractivity contribution in [3.05, 3.63) is 66.4 Å². The summed E-state index contributed by atoms with van der Waals surface area (Å²) in [6.45, 7) is 9.46. The van der Waals surface area contributed by atoms with Gasteiger partial charge < -0.3 is 9.64 Å². The van der Waals surface area contributed by atoms with Gasteiger partial charge in [-0.05, 0) is 36.8 Å². The van der Waals surface area contributed by atoms with E-state index in [0.717, 1.165) is 37.7 Å². The van der Waals surface area contributed by atoms with Crippen LogP contribution in [0.4, 0.5) is 11.5 Å². The van der Waals surface area contributed by atoms with Gasteiger partial charge in [0.25, 0.3) is 0 Å². The normalized spacial score (nSPS) is 16.1. The van der Waals surface area contributed by atoms with Gasteiger partial charge in [0.1, 0.15) is 5.82 Å². The van der Waals surface area contributed by atoms with E-state index in [1.807, 2.05) is 24.3 Å². The first kappa shape index (κ1) is 19.8. The minimum atomic E-state index is -0.407. The molecule has 0 bridgehead atoms. The number of hydrogen-bond donors (Lipinski definition) is 0. The zero-order valence-electron chi connectivity index (χ0n) is 16.4. The molecule has 1 aromatic heterocycles. The molecule has 3 rings (SSSR count). The van der Waals surface area contributed by atoms with Crippen LogP contribution in [-0.4, -0.2) is 55.4 Å². The lowest BCUT2D eigenvalue weighted by Gasteiger charge is -2.38. The number of piperazine rings is 1. The Morgan fingerprint density at radius 1 is 1.18 bits per heavy atom. The fourth-order valence-corrected chi connectivity index (χ4v) is 3.34. The third kappa shape index (κ3) is 4.64. The minimum absolute atomic E-state index is 0.328. The highest BCUT2D eigenvalue weighted by Gasteiger charge is 2.23. The van der Waals surface area contributed by atoms with Crippen molar-refractivity contribution in [1.82, 2.24) is 9.88 Å². The molecule has 6 heteroatoms. The lowest BCUT2D eigenvalue weighted by Crippen LogP contribution is -2.47. The largest absolute Gasteiger partial charge is 0.464 e. The molecule has 1 fully saturated rings. The average molecular weight is 378 g/mol. The fourth-order valence-electron chi connectivity index (χ4n) is 3.34. The smallest absolute Gasteiger partial charge is 0.356 e. The number of ether oxygens (including phenoxy) is 1. The SMILES string of the molecule is C=CC=Nc1ccc(C(C)N2CCN(c3cccc(C(=O)OC)n3)CC2)cc1. The van der Waals surface area contributed by atoms with Crippen LogP contribution in [0.25, 0.3) is 0 Å². The molecule has 1 unspecified atom stereocenters. The standard InChI is InChI=1S/C22H26N4O2/c1-4-12-23-19-10-8-18(9-11-19)17(2)25-13-15-26(16-14-25)21-7-5-6-20(24-21)22(27)28-3/h4-12,17H,1,13-16H2,2-3H3. The number of nitrogens with zero attached hydrogens (tertiary/aromatic N) is 4. The molecule has 0 aliphatic carbocycles. The summed E-state index contributed by atoms with van der Waals surface area (Å²) in [7, 11) is 1.37. The van der Waals surface area contributed by atoms with Crippen LogP contribution in [0, 0.1) is 0 Å². The monoisotopic (exact) mass is 378 g/mol. The maximum absolute atomic E-state index is 11.7. The third-order valence-corrected chi connectivity index (χ3v) is 5.02. The van der Waals surface area contributed by atoms with Crippen molar-refractivity contribution in [2.75, 3.05) is 38.2 Å². The minimum Gasteiger partial charge on any atom is -0.464 e. The molecule has 6 nitrogen and oxygen atoms in total. The summed E-state index contributed by atoms with van der Waals surface area (Å²) in [4.78, 5) is 25.1. The quantitative estimate of drug-likeness (QED) is 0.567. The lowest BCUT2D eigenvalue weighted by molar-refractivity contribution is 0.0594. The Balaban J connectivity index is 1.61. The zero-order chi connectivity index (χ0) is 19.9. The van der Waals surface area contributed by atoms with Crippen molar-refractivity contribution in [2.45, 2.75) is 13.0 Å². The molecule has 1 aromatic carbocycles. The molecule has 0 spiro atoms. The Morgan fingerprint density at radius 3 is 2.54 bits per heavy atom. The van der Waals surface area contributed by atoms with Gasteiger partial charge in [-0.15, -0.1) is 0 Å². The van der Waals surface area contributed by atoms with E-state index < -0.39 is 5.97 Å². The highest BCUT2D eigenvalue weighted by molar-refractivity contribution is 5.87. The van der Waals surface area contributed by atoms with Gasteiger partial charge in [-0.1, -0.05) is 30.9 Å². The number of allylic oxidation sites excluding steroid dienone is 1. The maximum Gasteiger partial charge on any atom is 0.356 e. The Kier molecular flexibility index (Phi) is 6.55. The van der Waals surface area contributed by atoms with Crippen LogP contribution in [0.3, 0.4) is 0 Å². The van der Waals surface area contributed by atoms with Crippen LogP contribution < -0.4 is 4.90 Å². The predicted octanol–water partition coefficient (Wildman–Crippen LogP) is 3.64. The molecule has 0 saturated carbocycles. The summed E-state index contributed by atoms with van der Waals surface area (Å²) in [5.74, 6) is 0.412. The van der Waals surface area contributed by atoms with E-state index in [-0.39, 0.29) is 0 Å². The van der Waals surface area contributed by atoms with E-state index in [1.54, 1.807) is 18.4 Å². The third-order valence-electron chi connectivity index (χ3n) is 5.02. The molecule has 1 atom stereocenters. The Bertz CT molecular complexity index is 840. The average Bonchev–Trinajstić information content (AvgIpc) is 2.77. The molecule has 0 N–H and O–H groups in total. The number of aliphatic imine (C=N–C) groups is 1. The van der Waals surface area contributed by atoms with Gasteiger partial charge in [0.05, 0.1) is 12.8 Å². The van der Waals surface area contributed by atoms with E-state index in [4.69, 9.17) is 4.74 Å². The van der Waals surface area contributed by atoms with Gasteiger partial charge in [-0.3, -0.25) is 9.89 Å². The summed E-state index contributed by atoms with van der Waals surface area (Å²) in [6, 6.07) is 14.1. The molecule has 1 saturated heterocycles. The lowest BCUT2D eigenvalue weighted by atomic mass is 10.1. The first-order chi connectivity index (χ1) is 13.6. The highest BCUT2D eigenvalue weighted by Crippen LogP contribution is 2.25. The first-order valence-corrected chi connectivity index (χ1v) is 9.42. The van der Waals surface area contributed by atoms with E-state index in [1.165, 1.54) is 12.7 Å². The predicted molar refractivity (Wildman–Crippen MR) is 113 cm³/mol. The first-order valence-electron chi connectivity index (χ1n) is 9.42. The van der Waals surface area contributed by atoms with Crippen LogP contribution >= 0.6 is 0 Å². The van der Waals surface area contributed by atoms with Gasteiger partial charge in [0.2, 0.25) is 0 Å². The number of methoxy groups -OCH3 is 1. The van der Waals surface area contributed by atoms with Gasteiger partial charge in [0, 0.05) is 38.4 Å². The van der Waals surface area contributed by atoms with Crippen molar-refractivity contribution in [1.29, 1.82) is 0 Å². The van der Waals surface area contributed by atoms with Gasteiger partial charge in [-0.2, -0.15) is 0 Å². The number of pyridine rings is 1. The number of anilines is 1. The van der Waals surface area contributed by atoms with Gasteiger partial charge in [0.15, 0.2) is 5.69 Å². The second kappa shape index (κ2) is 9.28. The van der Waals surface area contributed by atoms with Crippen molar-refractivity contribution >= 4 is 23.7 Å². The zero-order valence-corrected chi connectivity index (χ0v) is 16.4.